The van der Waals surface area contributed by atoms with Gasteiger partial charge in [-0.15, -0.1) is 10.2 Å². The second-order valence-electron chi connectivity index (χ2n) is 9.64. The van der Waals surface area contributed by atoms with E-state index in [-0.39, 0.29) is 40.2 Å². The highest BCUT2D eigenvalue weighted by molar-refractivity contribution is 7.92. The molecule has 0 aliphatic heterocycles. The normalized spacial score (nSPS) is 13.0. The molecule has 4 N–H and O–H groups in total. The van der Waals surface area contributed by atoms with E-state index in [1.807, 2.05) is 0 Å². The van der Waals surface area contributed by atoms with Crippen molar-refractivity contribution in [2.75, 3.05) is 12.8 Å². The maximum atomic E-state index is 14.6. The van der Waals surface area contributed by atoms with E-state index < -0.39 is 26.5 Å². The number of hydrogen-bond acceptors (Lipinski definition) is 10. The van der Waals surface area contributed by atoms with Crippen LogP contribution in [0.2, 0.25) is 0 Å². The largest absolute Gasteiger partial charge is 0.414 e. The zero-order chi connectivity index (χ0) is 27.7. The Kier molecular flexibility index (Phi) is 7.58. The number of sulfone groups is 1. The predicted octanol–water partition coefficient (Wildman–Crippen LogP) is 3.62. The molecule has 0 radical (unpaired) electrons. The third-order valence-electron chi connectivity index (χ3n) is 5.87. The van der Waals surface area contributed by atoms with Gasteiger partial charge in [-0.2, -0.15) is 0 Å². The van der Waals surface area contributed by atoms with Crippen molar-refractivity contribution in [3.05, 3.63) is 60.0 Å². The summed E-state index contributed by atoms with van der Waals surface area (Å²) in [4.78, 5) is 8.78. The molecule has 2 aromatic heterocycles. The number of rotatable bonds is 9. The molecule has 0 amide bonds. The third kappa shape index (κ3) is 5.87. The molecule has 4 rings (SSSR count). The minimum Gasteiger partial charge on any atom is -0.414 e. The van der Waals surface area contributed by atoms with Gasteiger partial charge >= 0.3 is 0 Å². The number of nitrogens with two attached hydrogens (primary N) is 1. The second kappa shape index (κ2) is 10.6. The molecule has 1 atom stereocenters. The summed E-state index contributed by atoms with van der Waals surface area (Å²) in [6.45, 7) is 5.23. The van der Waals surface area contributed by atoms with Crippen molar-refractivity contribution in [3.63, 3.8) is 0 Å². The fourth-order valence-electron chi connectivity index (χ4n) is 4.03. The van der Waals surface area contributed by atoms with E-state index in [0.29, 0.717) is 17.8 Å². The standard InChI is InChI=1S/C26H29FN6O4S/c1-15(12-26(2,3)34)38(35,36)18-8-6-17(7-9-18)21-14-30-23(28)22(31-21)25-33-32-24(37-25)19-10-5-16(13-29-4)11-20(19)27/h5-11,14-15,29,34H,12-13H2,1-4H3,(H2,28,30). The van der Waals surface area contributed by atoms with Gasteiger partial charge in [0.1, 0.15) is 5.82 Å². The number of aliphatic hydroxyl groups is 1. The molecule has 4 aromatic rings. The van der Waals surface area contributed by atoms with Gasteiger partial charge in [0.05, 0.1) is 33.2 Å². The summed E-state index contributed by atoms with van der Waals surface area (Å²) < 4.78 is 46.1. The number of aromatic nitrogens is 4. The van der Waals surface area contributed by atoms with E-state index in [1.54, 1.807) is 52.1 Å². The first-order valence-electron chi connectivity index (χ1n) is 11.9. The van der Waals surface area contributed by atoms with Crippen LogP contribution in [0.1, 0.15) is 32.8 Å². The smallest absolute Gasteiger partial charge is 0.270 e. The van der Waals surface area contributed by atoms with Crippen LogP contribution < -0.4 is 11.1 Å². The van der Waals surface area contributed by atoms with Gasteiger partial charge in [-0.05, 0) is 64.1 Å². The van der Waals surface area contributed by atoms with Gasteiger partial charge in [0.2, 0.25) is 0 Å². The van der Waals surface area contributed by atoms with Gasteiger partial charge in [0, 0.05) is 12.1 Å². The Morgan fingerprint density at radius 1 is 1.13 bits per heavy atom. The van der Waals surface area contributed by atoms with Crippen LogP contribution in [0.3, 0.4) is 0 Å². The molecule has 1 unspecified atom stereocenters. The molecule has 0 bridgehead atoms. The van der Waals surface area contributed by atoms with Crippen molar-refractivity contribution in [1.82, 2.24) is 25.5 Å². The van der Waals surface area contributed by atoms with E-state index in [0.717, 1.165) is 5.56 Å². The summed E-state index contributed by atoms with van der Waals surface area (Å²) in [6.07, 6.45) is 1.54. The lowest BCUT2D eigenvalue weighted by Crippen LogP contribution is -2.29. The minimum atomic E-state index is -3.65. The van der Waals surface area contributed by atoms with Crippen molar-refractivity contribution in [2.45, 2.75) is 49.5 Å². The summed E-state index contributed by atoms with van der Waals surface area (Å²) in [7, 11) is -1.88. The molecule has 12 heteroatoms. The van der Waals surface area contributed by atoms with Crippen LogP contribution in [0.25, 0.3) is 34.3 Å². The van der Waals surface area contributed by atoms with Gasteiger partial charge in [-0.3, -0.25) is 0 Å². The SMILES string of the molecule is CNCc1ccc(-c2nnc(-c3nc(-c4ccc(S(=O)(=O)C(C)CC(C)(C)O)cc4)cnc3N)o2)c(F)c1. The Balaban J connectivity index is 1.61. The highest BCUT2D eigenvalue weighted by Crippen LogP contribution is 2.30. The van der Waals surface area contributed by atoms with Crippen molar-refractivity contribution in [1.29, 1.82) is 0 Å². The fraction of sp³-hybridized carbons (Fsp3) is 0.308. The van der Waals surface area contributed by atoms with Crippen LogP contribution in [-0.4, -0.2) is 51.6 Å². The Labute approximate surface area is 220 Å². The van der Waals surface area contributed by atoms with Crippen LogP contribution >= 0.6 is 0 Å². The van der Waals surface area contributed by atoms with Crippen LogP contribution in [-0.2, 0) is 16.4 Å². The average Bonchev–Trinajstić information content (AvgIpc) is 3.33. The zero-order valence-electron chi connectivity index (χ0n) is 21.4. The van der Waals surface area contributed by atoms with E-state index in [2.05, 4.69) is 25.5 Å². The highest BCUT2D eigenvalue weighted by atomic mass is 32.2. The number of nitrogens with one attached hydrogen (secondary N) is 1. The summed E-state index contributed by atoms with van der Waals surface area (Å²) in [6, 6.07) is 10.9. The van der Waals surface area contributed by atoms with Gasteiger partial charge in [-0.1, -0.05) is 18.2 Å². The topological polar surface area (TPSA) is 157 Å². The molecule has 0 saturated heterocycles. The molecule has 200 valence electrons. The molecule has 38 heavy (non-hydrogen) atoms. The van der Waals surface area contributed by atoms with Gasteiger partial charge in [0.25, 0.3) is 11.8 Å². The molecule has 10 nitrogen and oxygen atoms in total. The highest BCUT2D eigenvalue weighted by Gasteiger charge is 2.29. The summed E-state index contributed by atoms with van der Waals surface area (Å²) in [5.74, 6) is -0.541. The number of anilines is 1. The van der Waals surface area contributed by atoms with Crippen LogP contribution in [0.5, 0.6) is 0 Å². The molecule has 0 saturated carbocycles. The molecular weight excluding hydrogens is 511 g/mol. The first-order chi connectivity index (χ1) is 17.9. The monoisotopic (exact) mass is 540 g/mol. The zero-order valence-corrected chi connectivity index (χ0v) is 22.3. The number of nitrogen functional groups attached to an aromatic ring is 1. The maximum absolute atomic E-state index is 14.6. The molecule has 0 spiro atoms. The maximum Gasteiger partial charge on any atom is 0.270 e. The van der Waals surface area contributed by atoms with Crippen molar-refractivity contribution in [3.8, 4) is 34.3 Å². The Morgan fingerprint density at radius 3 is 2.45 bits per heavy atom. The quantitative estimate of drug-likeness (QED) is 0.286. The Hall–Kier alpha value is -3.74. The second-order valence-corrected chi connectivity index (χ2v) is 12.0. The van der Waals surface area contributed by atoms with Gasteiger partial charge < -0.3 is 20.6 Å². The van der Waals surface area contributed by atoms with E-state index in [9.17, 15) is 17.9 Å². The average molecular weight is 541 g/mol. The minimum absolute atomic E-state index is 0.0325. The molecule has 0 aliphatic carbocycles. The summed E-state index contributed by atoms with van der Waals surface area (Å²) in [5.41, 5.74) is 6.90. The number of nitrogens with zero attached hydrogens (tertiary/aromatic N) is 4. The Bertz CT molecular complexity index is 1550. The number of halogens is 1. The van der Waals surface area contributed by atoms with Gasteiger partial charge in [0.15, 0.2) is 21.3 Å². The summed E-state index contributed by atoms with van der Waals surface area (Å²) in [5, 5.41) is 20.1. The predicted molar refractivity (Wildman–Crippen MR) is 141 cm³/mol. The fourth-order valence-corrected chi connectivity index (χ4v) is 5.64. The molecule has 0 fully saturated rings. The first kappa shape index (κ1) is 27.3. The first-order valence-corrected chi connectivity index (χ1v) is 13.4. The van der Waals surface area contributed by atoms with E-state index in [1.165, 1.54) is 24.4 Å². The van der Waals surface area contributed by atoms with Crippen LogP contribution in [0.4, 0.5) is 10.2 Å². The van der Waals surface area contributed by atoms with Crippen LogP contribution in [0, 0.1) is 5.82 Å². The van der Waals surface area contributed by atoms with Crippen LogP contribution in [0.15, 0.2) is 58.0 Å². The molecule has 2 aromatic carbocycles. The molecular formula is C26H29FN6O4S. The Morgan fingerprint density at radius 2 is 1.82 bits per heavy atom. The summed E-state index contributed by atoms with van der Waals surface area (Å²) >= 11 is 0. The lowest BCUT2D eigenvalue weighted by atomic mass is 10.0. The number of hydrogen-bond donors (Lipinski definition) is 3. The van der Waals surface area contributed by atoms with Crippen molar-refractivity contribution >= 4 is 15.7 Å². The van der Waals surface area contributed by atoms with Gasteiger partial charge in [-0.25, -0.2) is 22.8 Å². The van der Waals surface area contributed by atoms with Crippen molar-refractivity contribution < 1.29 is 22.3 Å². The number of benzene rings is 2. The molecule has 0 aliphatic rings. The van der Waals surface area contributed by atoms with E-state index in [4.69, 9.17) is 10.2 Å². The van der Waals surface area contributed by atoms with E-state index >= 15 is 0 Å². The molecule has 2 heterocycles. The third-order valence-corrected chi connectivity index (χ3v) is 8.02. The van der Waals surface area contributed by atoms with Crippen molar-refractivity contribution in [2.24, 2.45) is 0 Å². The lowest BCUT2D eigenvalue weighted by Gasteiger charge is -2.22. The lowest BCUT2D eigenvalue weighted by molar-refractivity contribution is 0.0710.